The van der Waals surface area contributed by atoms with Crippen LogP contribution in [-0.2, 0) is 0 Å². The van der Waals surface area contributed by atoms with Gasteiger partial charge in [0, 0.05) is 11.8 Å². The lowest BCUT2D eigenvalue weighted by Gasteiger charge is -2.08. The second-order valence-electron chi connectivity index (χ2n) is 3.82. The van der Waals surface area contributed by atoms with Crippen LogP contribution in [0.2, 0.25) is 0 Å². The topological polar surface area (TPSA) is 40.7 Å². The molecular formula is C13H15N3S. The quantitative estimate of drug-likeness (QED) is 0.482. The van der Waals surface area contributed by atoms with E-state index in [2.05, 4.69) is 28.1 Å². The van der Waals surface area contributed by atoms with Crippen molar-refractivity contribution >= 4 is 22.8 Å². The molecule has 1 unspecified atom stereocenters. The first-order valence-electron chi connectivity index (χ1n) is 5.55. The highest BCUT2D eigenvalue weighted by molar-refractivity contribution is 7.99. The summed E-state index contributed by atoms with van der Waals surface area (Å²) >= 11 is 1.72. The molecule has 1 heterocycles. The number of benzene rings is 1. The number of nitrogens with one attached hydrogen (secondary N) is 2. The molecular weight excluding hydrogens is 230 g/mol. The van der Waals surface area contributed by atoms with Crippen LogP contribution in [0, 0.1) is 12.3 Å². The van der Waals surface area contributed by atoms with Crippen LogP contribution in [0.5, 0.6) is 0 Å². The molecule has 0 saturated carbocycles. The molecule has 0 aliphatic rings. The van der Waals surface area contributed by atoms with Crippen LogP contribution >= 0.6 is 11.8 Å². The van der Waals surface area contributed by atoms with Crippen LogP contribution in [0.25, 0.3) is 11.0 Å². The van der Waals surface area contributed by atoms with Gasteiger partial charge < -0.3 is 10.3 Å². The number of aromatic nitrogens is 2. The van der Waals surface area contributed by atoms with Crippen molar-refractivity contribution in [2.24, 2.45) is 0 Å². The van der Waals surface area contributed by atoms with Gasteiger partial charge in [0.25, 0.3) is 0 Å². The number of hydrogen-bond donors (Lipinski definition) is 2. The summed E-state index contributed by atoms with van der Waals surface area (Å²) in [4.78, 5) is 7.82. The lowest BCUT2D eigenvalue weighted by atomic mass is 10.3. The largest absolute Gasteiger partial charge is 0.333 e. The fourth-order valence-corrected chi connectivity index (χ4v) is 2.47. The van der Waals surface area contributed by atoms with Crippen LogP contribution in [-0.4, -0.2) is 28.3 Å². The van der Waals surface area contributed by atoms with E-state index in [1.54, 1.807) is 11.8 Å². The first kappa shape index (κ1) is 12.0. The summed E-state index contributed by atoms with van der Waals surface area (Å²) in [5.41, 5.74) is 2.09. The number of terminal acetylenes is 1. The van der Waals surface area contributed by atoms with Crippen LogP contribution in [0.4, 0.5) is 0 Å². The number of fused-ring (bicyclic) bond motifs is 1. The SMILES string of the molecule is C#CCNCC(C)Sc1nc2ccccc2[nH]1. The third-order valence-electron chi connectivity index (χ3n) is 2.34. The second-order valence-corrected chi connectivity index (χ2v) is 5.25. The van der Waals surface area contributed by atoms with E-state index in [9.17, 15) is 0 Å². The molecule has 2 rings (SSSR count). The van der Waals surface area contributed by atoms with Gasteiger partial charge in [-0.3, -0.25) is 0 Å². The summed E-state index contributed by atoms with van der Waals surface area (Å²) in [5.74, 6) is 2.56. The molecule has 0 fully saturated rings. The Morgan fingerprint density at radius 2 is 2.35 bits per heavy atom. The molecule has 88 valence electrons. The lowest BCUT2D eigenvalue weighted by Crippen LogP contribution is -2.22. The third-order valence-corrected chi connectivity index (χ3v) is 3.32. The number of thioether (sulfide) groups is 1. The van der Waals surface area contributed by atoms with Gasteiger partial charge in [-0.15, -0.1) is 6.42 Å². The van der Waals surface area contributed by atoms with E-state index >= 15 is 0 Å². The molecule has 0 spiro atoms. The second kappa shape index (κ2) is 5.76. The van der Waals surface area contributed by atoms with E-state index in [0.29, 0.717) is 11.8 Å². The highest BCUT2D eigenvalue weighted by Crippen LogP contribution is 2.22. The Hall–Kier alpha value is -1.44. The smallest absolute Gasteiger partial charge is 0.166 e. The van der Waals surface area contributed by atoms with Crippen molar-refractivity contribution < 1.29 is 0 Å². The molecule has 4 heteroatoms. The molecule has 0 aliphatic heterocycles. The maximum Gasteiger partial charge on any atom is 0.166 e. The molecule has 1 atom stereocenters. The van der Waals surface area contributed by atoms with Gasteiger partial charge in [-0.05, 0) is 12.1 Å². The number of aromatic amines is 1. The van der Waals surface area contributed by atoms with Crippen molar-refractivity contribution in [2.75, 3.05) is 13.1 Å². The van der Waals surface area contributed by atoms with E-state index in [-0.39, 0.29) is 0 Å². The molecule has 0 aliphatic carbocycles. The zero-order valence-electron chi connectivity index (χ0n) is 9.73. The fraction of sp³-hybridized carbons (Fsp3) is 0.308. The first-order valence-corrected chi connectivity index (χ1v) is 6.43. The number of rotatable bonds is 5. The molecule has 1 aromatic heterocycles. The Kier molecular flexibility index (Phi) is 4.08. The van der Waals surface area contributed by atoms with Crippen LogP contribution in [0.15, 0.2) is 29.4 Å². The van der Waals surface area contributed by atoms with E-state index in [0.717, 1.165) is 22.7 Å². The van der Waals surface area contributed by atoms with E-state index in [1.807, 2.05) is 24.3 Å². The molecule has 1 aromatic carbocycles. The van der Waals surface area contributed by atoms with Crippen molar-refractivity contribution in [3.8, 4) is 12.3 Å². The number of hydrogen-bond acceptors (Lipinski definition) is 3. The first-order chi connectivity index (χ1) is 8.29. The maximum atomic E-state index is 5.18. The molecule has 0 saturated heterocycles. The van der Waals surface area contributed by atoms with Crippen LogP contribution in [0.3, 0.4) is 0 Å². The number of nitrogens with zero attached hydrogens (tertiary/aromatic N) is 1. The zero-order chi connectivity index (χ0) is 12.1. The van der Waals surface area contributed by atoms with E-state index in [4.69, 9.17) is 6.42 Å². The van der Waals surface area contributed by atoms with Gasteiger partial charge in [0.1, 0.15) is 0 Å². The van der Waals surface area contributed by atoms with Gasteiger partial charge in [0.15, 0.2) is 5.16 Å². The summed E-state index contributed by atoms with van der Waals surface area (Å²) < 4.78 is 0. The van der Waals surface area contributed by atoms with Gasteiger partial charge in [-0.25, -0.2) is 4.98 Å². The van der Waals surface area contributed by atoms with Crippen LogP contribution < -0.4 is 5.32 Å². The monoisotopic (exact) mass is 245 g/mol. The highest BCUT2D eigenvalue weighted by Gasteiger charge is 2.07. The minimum atomic E-state index is 0.434. The van der Waals surface area contributed by atoms with E-state index in [1.165, 1.54) is 0 Å². The molecule has 0 amide bonds. The molecule has 3 nitrogen and oxygen atoms in total. The predicted octanol–water partition coefficient (Wildman–Crippen LogP) is 2.27. The average molecular weight is 245 g/mol. The van der Waals surface area contributed by atoms with E-state index < -0.39 is 0 Å². The third kappa shape index (κ3) is 3.26. The Morgan fingerprint density at radius 1 is 1.53 bits per heavy atom. The summed E-state index contributed by atoms with van der Waals surface area (Å²) in [6, 6.07) is 8.05. The number of imidazole rings is 1. The normalized spacial score (nSPS) is 12.5. The van der Waals surface area contributed by atoms with Crippen molar-refractivity contribution in [1.82, 2.24) is 15.3 Å². The zero-order valence-corrected chi connectivity index (χ0v) is 10.6. The minimum Gasteiger partial charge on any atom is -0.333 e. The van der Waals surface area contributed by atoms with Crippen molar-refractivity contribution in [1.29, 1.82) is 0 Å². The average Bonchev–Trinajstić information content (AvgIpc) is 2.71. The van der Waals surface area contributed by atoms with Gasteiger partial charge in [-0.2, -0.15) is 0 Å². The summed E-state index contributed by atoms with van der Waals surface area (Å²) in [6.07, 6.45) is 5.18. The van der Waals surface area contributed by atoms with Crippen molar-refractivity contribution in [3.05, 3.63) is 24.3 Å². The van der Waals surface area contributed by atoms with Gasteiger partial charge in [0.05, 0.1) is 17.6 Å². The lowest BCUT2D eigenvalue weighted by molar-refractivity contribution is 0.746. The Labute approximate surface area is 105 Å². The molecule has 2 aromatic rings. The predicted molar refractivity (Wildman–Crippen MR) is 73.1 cm³/mol. The standard InChI is InChI=1S/C13H15N3S/c1-3-8-14-9-10(2)17-13-15-11-6-4-5-7-12(11)16-13/h1,4-7,10,14H,8-9H2,2H3,(H,15,16). The summed E-state index contributed by atoms with van der Waals surface area (Å²) in [7, 11) is 0. The highest BCUT2D eigenvalue weighted by atomic mass is 32.2. The number of H-pyrrole nitrogens is 1. The number of para-hydroxylation sites is 2. The summed E-state index contributed by atoms with van der Waals surface area (Å²) in [5, 5.41) is 4.58. The fourth-order valence-electron chi connectivity index (χ4n) is 1.57. The van der Waals surface area contributed by atoms with Gasteiger partial charge >= 0.3 is 0 Å². The van der Waals surface area contributed by atoms with Gasteiger partial charge in [0.2, 0.25) is 0 Å². The molecule has 0 bridgehead atoms. The Balaban J connectivity index is 1.96. The Bertz CT molecular complexity index is 494. The summed E-state index contributed by atoms with van der Waals surface area (Å²) in [6.45, 7) is 3.65. The van der Waals surface area contributed by atoms with Crippen LogP contribution in [0.1, 0.15) is 6.92 Å². The van der Waals surface area contributed by atoms with Crippen molar-refractivity contribution in [3.63, 3.8) is 0 Å². The minimum absolute atomic E-state index is 0.434. The molecule has 0 radical (unpaired) electrons. The maximum absolute atomic E-state index is 5.18. The molecule has 17 heavy (non-hydrogen) atoms. The molecule has 2 N–H and O–H groups in total. The van der Waals surface area contributed by atoms with Gasteiger partial charge in [-0.1, -0.05) is 36.7 Å². The Morgan fingerprint density at radius 3 is 3.12 bits per heavy atom. The van der Waals surface area contributed by atoms with Crippen molar-refractivity contribution in [2.45, 2.75) is 17.3 Å².